The summed E-state index contributed by atoms with van der Waals surface area (Å²) in [6.07, 6.45) is 0. The highest BCUT2D eigenvalue weighted by Gasteiger charge is 2.20. The first-order valence-corrected chi connectivity index (χ1v) is 9.52. The predicted molar refractivity (Wildman–Crippen MR) is 101 cm³/mol. The highest BCUT2D eigenvalue weighted by Crippen LogP contribution is 2.17. The van der Waals surface area contributed by atoms with Crippen molar-refractivity contribution < 1.29 is 18.0 Å². The van der Waals surface area contributed by atoms with E-state index in [0.29, 0.717) is 16.6 Å². The number of aromatic nitrogens is 3. The van der Waals surface area contributed by atoms with E-state index < -0.39 is 21.5 Å². The lowest BCUT2D eigenvalue weighted by Crippen LogP contribution is -2.30. The molecule has 0 saturated carbocycles. The van der Waals surface area contributed by atoms with Gasteiger partial charge in [-0.25, -0.2) is 13.1 Å². The van der Waals surface area contributed by atoms with Crippen LogP contribution in [0.25, 0.3) is 10.9 Å². The van der Waals surface area contributed by atoms with E-state index >= 15 is 0 Å². The van der Waals surface area contributed by atoms with Gasteiger partial charge in [0.15, 0.2) is 0 Å². The number of rotatable bonds is 6. The number of anilines is 1. The van der Waals surface area contributed by atoms with Gasteiger partial charge in [-0.15, -0.1) is 5.10 Å². The smallest absolute Gasteiger partial charge is 0.278 e. The second-order valence-electron chi connectivity index (χ2n) is 5.74. The molecule has 0 fully saturated rings. The van der Waals surface area contributed by atoms with Crippen LogP contribution in [-0.2, 0) is 26.2 Å². The second kappa shape index (κ2) is 7.84. The third-order valence-electron chi connectivity index (χ3n) is 3.95. The lowest BCUT2D eigenvalue weighted by molar-refractivity contribution is -0.117. The molecule has 2 aromatic carbocycles. The molecule has 1 N–H and O–H groups in total. The molecule has 0 aliphatic carbocycles. The maximum absolute atomic E-state index is 12.4. The van der Waals surface area contributed by atoms with E-state index in [1.165, 1.54) is 38.4 Å². The zero-order valence-corrected chi connectivity index (χ0v) is 15.9. The molecule has 146 valence electrons. The summed E-state index contributed by atoms with van der Waals surface area (Å²) in [7, 11) is -1.26. The highest BCUT2D eigenvalue weighted by atomic mass is 32.2. The first-order valence-electron chi connectivity index (χ1n) is 8.08. The summed E-state index contributed by atoms with van der Waals surface area (Å²) in [4.78, 5) is 29.3. The SMILES string of the molecule is CON(C)S(=O)(=O)c1ccc(NC(=O)Cn2nnc3ccccc3c2=O)cc1. The van der Waals surface area contributed by atoms with Gasteiger partial charge in [-0.2, -0.15) is 0 Å². The van der Waals surface area contributed by atoms with Crippen LogP contribution in [0.15, 0.2) is 58.2 Å². The van der Waals surface area contributed by atoms with Gasteiger partial charge < -0.3 is 5.32 Å². The minimum atomic E-state index is -3.77. The van der Waals surface area contributed by atoms with E-state index in [9.17, 15) is 18.0 Å². The van der Waals surface area contributed by atoms with Gasteiger partial charge in [-0.1, -0.05) is 21.8 Å². The van der Waals surface area contributed by atoms with Crippen molar-refractivity contribution in [2.45, 2.75) is 11.4 Å². The number of amides is 1. The first-order chi connectivity index (χ1) is 13.3. The van der Waals surface area contributed by atoms with Crippen LogP contribution in [0.1, 0.15) is 0 Å². The molecular weight excluding hydrogens is 386 g/mol. The fourth-order valence-electron chi connectivity index (χ4n) is 2.42. The number of carbonyl (C=O) groups is 1. The number of carbonyl (C=O) groups excluding carboxylic acids is 1. The van der Waals surface area contributed by atoms with Crippen molar-refractivity contribution in [2.24, 2.45) is 0 Å². The molecule has 0 atom stereocenters. The van der Waals surface area contributed by atoms with Crippen molar-refractivity contribution in [1.29, 1.82) is 0 Å². The number of nitrogens with one attached hydrogen (secondary N) is 1. The highest BCUT2D eigenvalue weighted by molar-refractivity contribution is 7.89. The van der Waals surface area contributed by atoms with Crippen molar-refractivity contribution >= 4 is 32.5 Å². The monoisotopic (exact) mass is 403 g/mol. The van der Waals surface area contributed by atoms with E-state index in [2.05, 4.69) is 15.6 Å². The van der Waals surface area contributed by atoms with Gasteiger partial charge in [0.25, 0.3) is 15.6 Å². The molecule has 0 bridgehead atoms. The molecule has 3 rings (SSSR count). The maximum Gasteiger partial charge on any atom is 0.278 e. The molecule has 0 aliphatic heterocycles. The maximum atomic E-state index is 12.4. The average molecular weight is 403 g/mol. The Morgan fingerprint density at radius 3 is 2.54 bits per heavy atom. The molecule has 3 aromatic rings. The van der Waals surface area contributed by atoms with E-state index in [1.807, 2.05) is 0 Å². The molecule has 0 radical (unpaired) electrons. The number of benzene rings is 2. The van der Waals surface area contributed by atoms with Crippen molar-refractivity contribution in [1.82, 2.24) is 19.5 Å². The van der Waals surface area contributed by atoms with Crippen LogP contribution in [0.4, 0.5) is 5.69 Å². The van der Waals surface area contributed by atoms with Gasteiger partial charge in [0.2, 0.25) is 5.91 Å². The molecule has 10 nitrogen and oxygen atoms in total. The topological polar surface area (TPSA) is 123 Å². The summed E-state index contributed by atoms with van der Waals surface area (Å²) in [5.74, 6) is -0.503. The molecular formula is C17H17N5O5S. The number of nitrogens with zero attached hydrogens (tertiary/aromatic N) is 4. The van der Waals surface area contributed by atoms with Gasteiger partial charge in [0.05, 0.1) is 17.4 Å². The molecule has 0 spiro atoms. The van der Waals surface area contributed by atoms with Crippen molar-refractivity contribution in [3.05, 3.63) is 58.9 Å². The second-order valence-corrected chi connectivity index (χ2v) is 7.68. The molecule has 0 unspecified atom stereocenters. The summed E-state index contributed by atoms with van der Waals surface area (Å²) in [5.41, 5.74) is 0.387. The number of sulfonamides is 1. The lowest BCUT2D eigenvalue weighted by atomic mass is 10.2. The summed E-state index contributed by atoms with van der Waals surface area (Å²) in [6.45, 7) is -0.330. The summed E-state index contributed by atoms with van der Waals surface area (Å²) in [5, 5.41) is 10.6. The van der Waals surface area contributed by atoms with E-state index in [4.69, 9.17) is 4.84 Å². The third-order valence-corrected chi connectivity index (χ3v) is 5.65. The zero-order chi connectivity index (χ0) is 20.3. The van der Waals surface area contributed by atoms with Crippen LogP contribution in [0.5, 0.6) is 0 Å². The molecule has 0 aliphatic rings. The van der Waals surface area contributed by atoms with Crippen molar-refractivity contribution in [2.75, 3.05) is 19.5 Å². The summed E-state index contributed by atoms with van der Waals surface area (Å²) < 4.78 is 26.0. The Bertz CT molecular complexity index is 1170. The molecule has 11 heteroatoms. The number of fused-ring (bicyclic) bond motifs is 1. The average Bonchev–Trinajstić information content (AvgIpc) is 2.70. The van der Waals surface area contributed by atoms with Gasteiger partial charge in [0, 0.05) is 12.7 Å². The van der Waals surface area contributed by atoms with Crippen LogP contribution < -0.4 is 10.9 Å². The molecule has 28 heavy (non-hydrogen) atoms. The third kappa shape index (κ3) is 3.91. The molecule has 0 saturated heterocycles. The molecule has 1 aromatic heterocycles. The Labute approximate surface area is 160 Å². The molecule has 1 amide bonds. The first kappa shape index (κ1) is 19.6. The van der Waals surface area contributed by atoms with Crippen LogP contribution >= 0.6 is 0 Å². The Morgan fingerprint density at radius 1 is 1.18 bits per heavy atom. The predicted octanol–water partition coefficient (Wildman–Crippen LogP) is 0.612. The summed E-state index contributed by atoms with van der Waals surface area (Å²) >= 11 is 0. The van der Waals surface area contributed by atoms with Crippen molar-refractivity contribution in [3.8, 4) is 0 Å². The van der Waals surface area contributed by atoms with E-state index in [1.54, 1.807) is 24.3 Å². The number of hydroxylamine groups is 1. The fraction of sp³-hybridized carbons (Fsp3) is 0.176. The van der Waals surface area contributed by atoms with Crippen LogP contribution in [-0.4, -0.2) is 47.9 Å². The summed E-state index contributed by atoms with van der Waals surface area (Å²) in [6, 6.07) is 12.2. The quantitative estimate of drug-likeness (QED) is 0.598. The van der Waals surface area contributed by atoms with Gasteiger partial charge >= 0.3 is 0 Å². The molecule has 1 heterocycles. The largest absolute Gasteiger partial charge is 0.324 e. The van der Waals surface area contributed by atoms with Gasteiger partial charge in [-0.05, 0) is 36.4 Å². The van der Waals surface area contributed by atoms with Gasteiger partial charge in [-0.3, -0.25) is 14.4 Å². The lowest BCUT2D eigenvalue weighted by Gasteiger charge is -2.14. The standard InChI is InChI=1S/C17H17N5O5S/c1-21(27-2)28(25,26)13-9-7-12(8-10-13)18-16(23)11-22-17(24)14-5-3-4-6-15(14)19-20-22/h3-10H,11H2,1-2H3,(H,18,23). The minimum absolute atomic E-state index is 0.00599. The zero-order valence-electron chi connectivity index (χ0n) is 15.1. The van der Waals surface area contributed by atoms with Crippen LogP contribution in [0, 0.1) is 0 Å². The Kier molecular flexibility index (Phi) is 5.49. The van der Waals surface area contributed by atoms with E-state index in [-0.39, 0.29) is 11.4 Å². The van der Waals surface area contributed by atoms with Gasteiger partial charge in [0.1, 0.15) is 12.1 Å². The minimum Gasteiger partial charge on any atom is -0.324 e. The number of hydrogen-bond donors (Lipinski definition) is 1. The Balaban J connectivity index is 1.74. The Morgan fingerprint density at radius 2 is 1.86 bits per heavy atom. The normalized spacial score (nSPS) is 11.7. The van der Waals surface area contributed by atoms with Crippen LogP contribution in [0.3, 0.4) is 0 Å². The Hall–Kier alpha value is -3.15. The fourth-order valence-corrected chi connectivity index (χ4v) is 3.39. The van der Waals surface area contributed by atoms with Crippen molar-refractivity contribution in [3.63, 3.8) is 0 Å². The number of hydrogen-bond acceptors (Lipinski definition) is 7. The van der Waals surface area contributed by atoms with E-state index in [0.717, 1.165) is 9.15 Å². The van der Waals surface area contributed by atoms with Crippen LogP contribution in [0.2, 0.25) is 0 Å².